The highest BCUT2D eigenvalue weighted by Gasteiger charge is 2.24. The molecule has 0 atom stereocenters. The highest BCUT2D eigenvalue weighted by molar-refractivity contribution is 5.85. The number of benzene rings is 1. The monoisotopic (exact) mass is 427 g/mol. The largest absolute Gasteiger partial charge is 0.441 e. The Bertz CT molecular complexity index is 713. The smallest absolute Gasteiger partial charge is 0.223 e. The molecule has 0 aliphatic carbocycles. The lowest BCUT2D eigenvalue weighted by atomic mass is 10.0. The van der Waals surface area contributed by atoms with Crippen molar-refractivity contribution in [1.82, 2.24) is 15.2 Å². The first-order valence-electron chi connectivity index (χ1n) is 9.69. The average Bonchev–Trinajstić information content (AvgIpc) is 3.14. The van der Waals surface area contributed by atoms with E-state index in [1.165, 1.54) is 5.56 Å². The normalized spacial score (nSPS) is 14.1. The molecule has 2 aromatic rings. The minimum Gasteiger partial charge on any atom is -0.441 e. The Balaban J connectivity index is 0.00000196. The van der Waals surface area contributed by atoms with Gasteiger partial charge in [0.15, 0.2) is 11.7 Å². The van der Waals surface area contributed by atoms with E-state index in [9.17, 15) is 4.79 Å². The van der Waals surface area contributed by atoms with Crippen LogP contribution < -0.4 is 5.32 Å². The van der Waals surface area contributed by atoms with Crippen LogP contribution in [-0.4, -0.2) is 41.5 Å². The molecule has 0 bridgehead atoms. The lowest BCUT2D eigenvalue weighted by molar-refractivity contribution is -0.134. The number of nitrogens with zero attached hydrogens (tertiary/aromatic N) is 2. The number of piperidine rings is 1. The molecule has 1 amide bonds. The summed E-state index contributed by atoms with van der Waals surface area (Å²) >= 11 is 0. The number of hydrogen-bond donors (Lipinski definition) is 1. The lowest BCUT2D eigenvalue weighted by Crippen LogP contribution is -2.46. The van der Waals surface area contributed by atoms with Crippen molar-refractivity contribution in [3.63, 3.8) is 0 Å². The molecule has 1 aromatic heterocycles. The maximum Gasteiger partial charge on any atom is 0.223 e. The van der Waals surface area contributed by atoms with Crippen molar-refractivity contribution in [1.29, 1.82) is 0 Å². The third-order valence-corrected chi connectivity index (χ3v) is 4.98. The highest BCUT2D eigenvalue weighted by atomic mass is 35.5. The van der Waals surface area contributed by atoms with E-state index in [0.29, 0.717) is 24.8 Å². The van der Waals surface area contributed by atoms with Gasteiger partial charge in [0, 0.05) is 31.0 Å². The minimum absolute atomic E-state index is 0. The van der Waals surface area contributed by atoms with E-state index in [0.717, 1.165) is 50.2 Å². The highest BCUT2D eigenvalue weighted by Crippen LogP contribution is 2.22. The van der Waals surface area contributed by atoms with Gasteiger partial charge in [-0.15, -0.1) is 24.8 Å². The Hall–Kier alpha value is -1.56. The van der Waals surface area contributed by atoms with Crippen LogP contribution in [0.5, 0.6) is 0 Å². The molecule has 2 heterocycles. The molecule has 1 fully saturated rings. The van der Waals surface area contributed by atoms with Crippen LogP contribution in [0.25, 0.3) is 11.3 Å². The Morgan fingerprint density at radius 1 is 1.21 bits per heavy atom. The predicted molar refractivity (Wildman–Crippen MR) is 117 cm³/mol. The van der Waals surface area contributed by atoms with Gasteiger partial charge < -0.3 is 14.6 Å². The van der Waals surface area contributed by atoms with Gasteiger partial charge >= 0.3 is 0 Å². The first-order chi connectivity index (χ1) is 12.7. The van der Waals surface area contributed by atoms with Gasteiger partial charge in [-0.3, -0.25) is 4.79 Å². The number of aryl methyl sites for hydroxylation is 2. The summed E-state index contributed by atoms with van der Waals surface area (Å²) in [5, 5.41) is 3.37. The number of nitrogens with one attached hydrogen (secondary N) is 1. The van der Waals surface area contributed by atoms with Crippen molar-refractivity contribution in [2.75, 3.05) is 19.6 Å². The average molecular weight is 428 g/mol. The fraction of sp³-hybridized carbons (Fsp3) is 0.524. The number of aromatic nitrogens is 1. The quantitative estimate of drug-likeness (QED) is 0.710. The summed E-state index contributed by atoms with van der Waals surface area (Å²) in [7, 11) is 0. The predicted octanol–water partition coefficient (Wildman–Crippen LogP) is 4.42. The van der Waals surface area contributed by atoms with Crippen LogP contribution in [0.1, 0.15) is 44.1 Å². The number of rotatable bonds is 7. The van der Waals surface area contributed by atoms with Crippen molar-refractivity contribution in [2.45, 2.75) is 52.0 Å². The molecular weight excluding hydrogens is 397 g/mol. The van der Waals surface area contributed by atoms with Gasteiger partial charge in [-0.1, -0.05) is 36.8 Å². The Kier molecular flexibility index (Phi) is 10.6. The van der Waals surface area contributed by atoms with Crippen LogP contribution in [0, 0.1) is 6.92 Å². The maximum absolute atomic E-state index is 12.8. The molecule has 1 aromatic carbocycles. The van der Waals surface area contributed by atoms with Gasteiger partial charge in [-0.25, -0.2) is 4.98 Å². The fourth-order valence-electron chi connectivity index (χ4n) is 3.50. The number of oxazole rings is 1. The van der Waals surface area contributed by atoms with E-state index in [-0.39, 0.29) is 30.7 Å². The molecule has 1 aliphatic rings. The summed E-state index contributed by atoms with van der Waals surface area (Å²) < 4.78 is 5.85. The minimum atomic E-state index is 0. The van der Waals surface area contributed by atoms with Gasteiger partial charge in [-0.05, 0) is 39.3 Å². The standard InChI is InChI=1S/C21H29N3O2.2ClH/c1-3-14-24(18-10-12-22-13-11-18)21(25)9-8-20-23-15-19(26-20)17-6-4-16(2)5-7-17;;/h4-7,15,18,22H,3,8-14H2,1-2H3;2*1H. The summed E-state index contributed by atoms with van der Waals surface area (Å²) in [6.07, 6.45) is 5.84. The Morgan fingerprint density at radius 2 is 1.89 bits per heavy atom. The molecular formula is C21H31Cl2N3O2. The zero-order valence-electron chi connectivity index (χ0n) is 16.6. The number of amides is 1. The molecule has 1 N–H and O–H groups in total. The summed E-state index contributed by atoms with van der Waals surface area (Å²) in [5.41, 5.74) is 2.23. The molecule has 3 rings (SSSR count). The molecule has 28 heavy (non-hydrogen) atoms. The molecule has 5 nitrogen and oxygen atoms in total. The van der Waals surface area contributed by atoms with Crippen LogP contribution in [-0.2, 0) is 11.2 Å². The van der Waals surface area contributed by atoms with Crippen molar-refractivity contribution in [2.24, 2.45) is 0 Å². The molecule has 7 heteroatoms. The van der Waals surface area contributed by atoms with E-state index < -0.39 is 0 Å². The van der Waals surface area contributed by atoms with Crippen molar-refractivity contribution in [3.05, 3.63) is 41.9 Å². The summed E-state index contributed by atoms with van der Waals surface area (Å²) in [6, 6.07) is 8.55. The van der Waals surface area contributed by atoms with Crippen LogP contribution in [0.15, 0.2) is 34.9 Å². The van der Waals surface area contributed by atoms with Gasteiger partial charge in [0.2, 0.25) is 5.91 Å². The molecule has 0 unspecified atom stereocenters. The van der Waals surface area contributed by atoms with Gasteiger partial charge in [0.25, 0.3) is 0 Å². The first-order valence-corrected chi connectivity index (χ1v) is 9.69. The van der Waals surface area contributed by atoms with Crippen LogP contribution in [0.3, 0.4) is 0 Å². The van der Waals surface area contributed by atoms with E-state index >= 15 is 0 Å². The molecule has 156 valence electrons. The van der Waals surface area contributed by atoms with Crippen molar-refractivity contribution in [3.8, 4) is 11.3 Å². The van der Waals surface area contributed by atoms with E-state index in [1.807, 2.05) is 12.1 Å². The number of carbonyl (C=O) groups is 1. The van der Waals surface area contributed by atoms with E-state index in [2.05, 4.69) is 41.2 Å². The first kappa shape index (κ1) is 24.5. The molecule has 1 aliphatic heterocycles. The van der Waals surface area contributed by atoms with Gasteiger partial charge in [0.05, 0.1) is 6.20 Å². The molecule has 0 spiro atoms. The van der Waals surface area contributed by atoms with Crippen LogP contribution in [0.4, 0.5) is 0 Å². The zero-order chi connectivity index (χ0) is 18.4. The van der Waals surface area contributed by atoms with Crippen molar-refractivity contribution >= 4 is 30.7 Å². The van der Waals surface area contributed by atoms with Gasteiger partial charge in [-0.2, -0.15) is 0 Å². The van der Waals surface area contributed by atoms with Crippen LogP contribution >= 0.6 is 24.8 Å². The van der Waals surface area contributed by atoms with E-state index in [4.69, 9.17) is 4.42 Å². The van der Waals surface area contributed by atoms with Crippen molar-refractivity contribution < 1.29 is 9.21 Å². The number of carbonyl (C=O) groups excluding carboxylic acids is 1. The Labute approximate surface area is 180 Å². The summed E-state index contributed by atoms with van der Waals surface area (Å²) in [6.45, 7) is 7.02. The third-order valence-electron chi connectivity index (χ3n) is 4.98. The topological polar surface area (TPSA) is 58.4 Å². The molecule has 0 saturated carbocycles. The SMILES string of the molecule is CCCN(C(=O)CCc1ncc(-c2ccc(C)cc2)o1)C1CCNCC1.Cl.Cl. The van der Waals surface area contributed by atoms with E-state index in [1.54, 1.807) is 6.20 Å². The van der Waals surface area contributed by atoms with Gasteiger partial charge in [0.1, 0.15) is 0 Å². The number of halogens is 2. The summed E-state index contributed by atoms with van der Waals surface area (Å²) in [5.74, 6) is 1.61. The fourth-order valence-corrected chi connectivity index (χ4v) is 3.50. The summed E-state index contributed by atoms with van der Waals surface area (Å²) in [4.78, 5) is 19.2. The molecule has 0 radical (unpaired) electrons. The number of hydrogen-bond acceptors (Lipinski definition) is 4. The second kappa shape index (κ2) is 12.1. The lowest BCUT2D eigenvalue weighted by Gasteiger charge is -2.34. The second-order valence-corrected chi connectivity index (χ2v) is 7.05. The zero-order valence-corrected chi connectivity index (χ0v) is 18.3. The maximum atomic E-state index is 12.8. The third kappa shape index (κ3) is 6.50. The molecule has 1 saturated heterocycles. The Morgan fingerprint density at radius 3 is 2.54 bits per heavy atom. The van der Waals surface area contributed by atoms with Crippen LogP contribution in [0.2, 0.25) is 0 Å². The second-order valence-electron chi connectivity index (χ2n) is 7.05.